The fourth-order valence-electron chi connectivity index (χ4n) is 1.81. The van der Waals surface area contributed by atoms with Gasteiger partial charge in [0.1, 0.15) is 5.75 Å². The molecule has 0 radical (unpaired) electrons. The van der Waals surface area contributed by atoms with E-state index in [9.17, 15) is 18.3 Å². The lowest BCUT2D eigenvalue weighted by Gasteiger charge is -2.08. The highest BCUT2D eigenvalue weighted by atomic mass is 32.2. The Hall–Kier alpha value is -2.12. The van der Waals surface area contributed by atoms with E-state index in [1.807, 2.05) is 24.3 Å². The lowest BCUT2D eigenvalue weighted by atomic mass is 10.1. The molecule has 0 saturated carbocycles. The average molecular weight is 294 g/mol. The highest BCUT2D eigenvalue weighted by Crippen LogP contribution is 2.24. The van der Waals surface area contributed by atoms with Gasteiger partial charge in [0.2, 0.25) is 10.0 Å². The van der Waals surface area contributed by atoms with Crippen LogP contribution in [0.3, 0.4) is 0 Å². The van der Waals surface area contributed by atoms with E-state index in [0.717, 1.165) is 10.8 Å². The van der Waals surface area contributed by atoms with Gasteiger partial charge in [-0.25, -0.2) is 13.6 Å². The van der Waals surface area contributed by atoms with Crippen LogP contribution in [-0.2, 0) is 10.0 Å². The summed E-state index contributed by atoms with van der Waals surface area (Å²) >= 11 is 0. The van der Waals surface area contributed by atoms with Gasteiger partial charge in [-0.2, -0.15) is 0 Å². The fourth-order valence-corrected chi connectivity index (χ4v) is 2.20. The number of hydrogen-bond donors (Lipinski definition) is 3. The predicted molar refractivity (Wildman–Crippen MR) is 75.9 cm³/mol. The van der Waals surface area contributed by atoms with Crippen molar-refractivity contribution in [3.8, 4) is 5.75 Å². The fraction of sp³-hybridized carbons (Fsp3) is 0.154. The summed E-state index contributed by atoms with van der Waals surface area (Å²) in [6, 6.07) is 10.3. The number of primary sulfonamides is 1. The SMILES string of the molecule is NS(=O)(=O)CCNC(=O)c1cc2ccccc2cc1O. The second kappa shape index (κ2) is 5.48. The zero-order chi connectivity index (χ0) is 14.8. The number of hydrogen-bond acceptors (Lipinski definition) is 4. The number of nitrogens with two attached hydrogens (primary N) is 1. The molecule has 1 amide bonds. The monoisotopic (exact) mass is 294 g/mol. The Morgan fingerprint density at radius 1 is 1.20 bits per heavy atom. The average Bonchev–Trinajstić information content (AvgIpc) is 2.36. The first-order valence-corrected chi connectivity index (χ1v) is 7.59. The zero-order valence-electron chi connectivity index (χ0n) is 10.5. The number of sulfonamides is 1. The molecule has 2 aromatic carbocycles. The molecule has 0 saturated heterocycles. The molecule has 4 N–H and O–H groups in total. The largest absolute Gasteiger partial charge is 0.507 e. The minimum absolute atomic E-state index is 0.0955. The molecule has 20 heavy (non-hydrogen) atoms. The van der Waals surface area contributed by atoms with Crippen LogP contribution in [0, 0.1) is 0 Å². The van der Waals surface area contributed by atoms with E-state index in [1.54, 1.807) is 6.07 Å². The van der Waals surface area contributed by atoms with Gasteiger partial charge >= 0.3 is 0 Å². The number of benzene rings is 2. The Labute approximate surface area is 116 Å². The summed E-state index contributed by atoms with van der Waals surface area (Å²) in [5, 5.41) is 18.7. The third-order valence-electron chi connectivity index (χ3n) is 2.78. The highest BCUT2D eigenvalue weighted by Gasteiger charge is 2.13. The molecule has 0 atom stereocenters. The molecule has 0 bridgehead atoms. The van der Waals surface area contributed by atoms with Gasteiger partial charge in [0.15, 0.2) is 0 Å². The topological polar surface area (TPSA) is 109 Å². The zero-order valence-corrected chi connectivity index (χ0v) is 11.4. The van der Waals surface area contributed by atoms with Gasteiger partial charge in [0.25, 0.3) is 5.91 Å². The van der Waals surface area contributed by atoms with Crippen molar-refractivity contribution in [1.29, 1.82) is 0 Å². The standard InChI is InChI=1S/C13H14N2O4S/c14-20(18,19)6-5-15-13(17)11-7-9-3-1-2-4-10(9)8-12(11)16/h1-4,7-8,16H,5-6H2,(H,15,17)(H2,14,18,19). The van der Waals surface area contributed by atoms with Crippen LogP contribution in [0.4, 0.5) is 0 Å². The van der Waals surface area contributed by atoms with Gasteiger partial charge < -0.3 is 10.4 Å². The van der Waals surface area contributed by atoms with Gasteiger partial charge in [0.05, 0.1) is 11.3 Å². The molecule has 106 valence electrons. The number of rotatable bonds is 4. The highest BCUT2D eigenvalue weighted by molar-refractivity contribution is 7.89. The summed E-state index contributed by atoms with van der Waals surface area (Å²) in [4.78, 5) is 11.9. The number of phenols is 1. The summed E-state index contributed by atoms with van der Waals surface area (Å²) in [6.45, 7) is -0.107. The molecular formula is C13H14N2O4S. The Balaban J connectivity index is 2.19. The van der Waals surface area contributed by atoms with Crippen molar-refractivity contribution >= 4 is 26.7 Å². The minimum atomic E-state index is -3.62. The van der Waals surface area contributed by atoms with Crippen LogP contribution in [0.2, 0.25) is 0 Å². The van der Waals surface area contributed by atoms with E-state index in [2.05, 4.69) is 5.32 Å². The Bertz CT molecular complexity index is 756. The van der Waals surface area contributed by atoms with Gasteiger partial charge in [-0.05, 0) is 22.9 Å². The van der Waals surface area contributed by atoms with Crippen LogP contribution in [0.15, 0.2) is 36.4 Å². The number of phenolic OH excluding ortho intramolecular Hbond substituents is 1. The molecule has 0 fully saturated rings. The lowest BCUT2D eigenvalue weighted by Crippen LogP contribution is -2.31. The van der Waals surface area contributed by atoms with Crippen molar-refractivity contribution in [1.82, 2.24) is 5.32 Å². The summed E-state index contributed by atoms with van der Waals surface area (Å²) in [5.74, 6) is -1.05. The molecule has 7 heteroatoms. The van der Waals surface area contributed by atoms with Crippen molar-refractivity contribution in [2.75, 3.05) is 12.3 Å². The molecule has 0 aromatic heterocycles. The normalized spacial score (nSPS) is 11.4. The first-order valence-electron chi connectivity index (χ1n) is 5.87. The minimum Gasteiger partial charge on any atom is -0.507 e. The molecule has 2 rings (SSSR count). The maximum atomic E-state index is 11.9. The van der Waals surface area contributed by atoms with E-state index in [1.165, 1.54) is 6.07 Å². The molecule has 0 aliphatic carbocycles. The van der Waals surface area contributed by atoms with E-state index < -0.39 is 15.9 Å². The first kappa shape index (κ1) is 14.3. The first-order chi connectivity index (χ1) is 9.37. The van der Waals surface area contributed by atoms with Crippen LogP contribution in [-0.4, -0.2) is 31.7 Å². The maximum Gasteiger partial charge on any atom is 0.255 e. The van der Waals surface area contributed by atoms with Crippen molar-refractivity contribution in [3.05, 3.63) is 42.0 Å². The summed E-state index contributed by atoms with van der Waals surface area (Å²) in [5.41, 5.74) is 0.0955. The number of carbonyl (C=O) groups excluding carboxylic acids is 1. The third kappa shape index (κ3) is 3.46. The van der Waals surface area contributed by atoms with E-state index in [4.69, 9.17) is 5.14 Å². The third-order valence-corrected chi connectivity index (χ3v) is 3.55. The molecule has 2 aromatic rings. The smallest absolute Gasteiger partial charge is 0.255 e. The Kier molecular flexibility index (Phi) is 3.91. The van der Waals surface area contributed by atoms with E-state index in [-0.39, 0.29) is 23.6 Å². The van der Waals surface area contributed by atoms with E-state index in [0.29, 0.717) is 0 Å². The molecule has 0 heterocycles. The van der Waals surface area contributed by atoms with Crippen LogP contribution < -0.4 is 10.5 Å². The molecule has 6 nitrogen and oxygen atoms in total. The van der Waals surface area contributed by atoms with Crippen LogP contribution in [0.5, 0.6) is 5.75 Å². The number of carbonyl (C=O) groups is 1. The quantitative estimate of drug-likeness (QED) is 0.765. The van der Waals surface area contributed by atoms with Gasteiger partial charge in [0, 0.05) is 6.54 Å². The number of fused-ring (bicyclic) bond motifs is 1. The molecular weight excluding hydrogens is 280 g/mol. The lowest BCUT2D eigenvalue weighted by molar-refractivity contribution is 0.0953. The van der Waals surface area contributed by atoms with Crippen molar-refractivity contribution in [3.63, 3.8) is 0 Å². The van der Waals surface area contributed by atoms with Crippen molar-refractivity contribution < 1.29 is 18.3 Å². The summed E-state index contributed by atoms with van der Waals surface area (Å²) in [7, 11) is -3.62. The molecule has 0 aliphatic heterocycles. The van der Waals surface area contributed by atoms with Crippen LogP contribution >= 0.6 is 0 Å². The van der Waals surface area contributed by atoms with Crippen molar-refractivity contribution in [2.24, 2.45) is 5.14 Å². The second-order valence-electron chi connectivity index (χ2n) is 4.34. The predicted octanol–water partition coefficient (Wildman–Crippen LogP) is 0.564. The summed E-state index contributed by atoms with van der Waals surface area (Å²) in [6.07, 6.45) is 0. The second-order valence-corrected chi connectivity index (χ2v) is 6.07. The van der Waals surface area contributed by atoms with E-state index >= 15 is 0 Å². The Morgan fingerprint density at radius 2 is 1.80 bits per heavy atom. The number of nitrogens with one attached hydrogen (secondary N) is 1. The molecule has 0 unspecified atom stereocenters. The van der Waals surface area contributed by atoms with Crippen molar-refractivity contribution in [2.45, 2.75) is 0 Å². The van der Waals surface area contributed by atoms with Gasteiger partial charge in [-0.15, -0.1) is 0 Å². The summed E-state index contributed by atoms with van der Waals surface area (Å²) < 4.78 is 21.5. The van der Waals surface area contributed by atoms with Gasteiger partial charge in [-0.1, -0.05) is 24.3 Å². The van der Waals surface area contributed by atoms with Gasteiger partial charge in [-0.3, -0.25) is 4.79 Å². The molecule has 0 spiro atoms. The maximum absolute atomic E-state index is 11.9. The van der Waals surface area contributed by atoms with Crippen LogP contribution in [0.1, 0.15) is 10.4 Å². The number of aromatic hydroxyl groups is 1. The van der Waals surface area contributed by atoms with Crippen LogP contribution in [0.25, 0.3) is 10.8 Å². The Morgan fingerprint density at radius 3 is 2.40 bits per heavy atom. The number of amides is 1. The molecule has 0 aliphatic rings.